The first-order valence-electron chi connectivity index (χ1n) is 12.0. The Morgan fingerprint density at radius 3 is 2.51 bits per heavy atom. The third kappa shape index (κ3) is 6.62. The minimum atomic E-state index is -0.523. The molecule has 194 valence electrons. The Hall–Kier alpha value is -3.98. The van der Waals surface area contributed by atoms with Crippen LogP contribution in [-0.2, 0) is 14.3 Å². The largest absolute Gasteiger partial charge is 0.497 e. The molecule has 3 heterocycles. The summed E-state index contributed by atoms with van der Waals surface area (Å²) < 4.78 is 28.6. The average Bonchev–Trinajstić information content (AvgIpc) is 3.27. The van der Waals surface area contributed by atoms with Gasteiger partial charge in [-0.1, -0.05) is 18.2 Å². The van der Waals surface area contributed by atoms with E-state index in [9.17, 15) is 4.79 Å². The van der Waals surface area contributed by atoms with E-state index in [-0.39, 0.29) is 31.7 Å². The summed E-state index contributed by atoms with van der Waals surface area (Å²) in [5, 5.41) is 0.634. The van der Waals surface area contributed by atoms with Gasteiger partial charge in [-0.2, -0.15) is 0 Å². The van der Waals surface area contributed by atoms with Crippen molar-refractivity contribution in [2.45, 2.75) is 45.8 Å². The summed E-state index contributed by atoms with van der Waals surface area (Å²) in [6.45, 7) is 7.81. The molecular weight excluding hydrogens is 474 g/mol. The molecule has 0 aliphatic heterocycles. The molecule has 0 bridgehead atoms. The van der Waals surface area contributed by atoms with Crippen molar-refractivity contribution in [1.29, 1.82) is 0 Å². The topological polar surface area (TPSA) is 106 Å². The van der Waals surface area contributed by atoms with E-state index < -0.39 is 5.60 Å². The third-order valence-electron chi connectivity index (χ3n) is 5.31. The van der Waals surface area contributed by atoms with Crippen LogP contribution in [0.1, 0.15) is 34.1 Å². The fraction of sp³-hybridized carbons (Fsp3) is 0.357. The van der Waals surface area contributed by atoms with Crippen LogP contribution in [-0.4, -0.2) is 52.9 Å². The fourth-order valence-corrected chi connectivity index (χ4v) is 3.71. The second-order valence-electron chi connectivity index (χ2n) is 9.44. The zero-order valence-electron chi connectivity index (χ0n) is 21.7. The van der Waals surface area contributed by atoms with Crippen LogP contribution in [0.2, 0.25) is 0 Å². The van der Waals surface area contributed by atoms with Crippen molar-refractivity contribution in [2.75, 3.05) is 20.3 Å². The summed E-state index contributed by atoms with van der Waals surface area (Å²) in [5.41, 5.74) is 2.17. The van der Waals surface area contributed by atoms with Crippen molar-refractivity contribution in [3.8, 4) is 34.2 Å². The average molecular weight is 506 g/mol. The molecule has 4 aromatic rings. The van der Waals surface area contributed by atoms with Crippen molar-refractivity contribution in [2.24, 2.45) is 0 Å². The van der Waals surface area contributed by atoms with Crippen LogP contribution in [0.15, 0.2) is 59.4 Å². The molecule has 9 nitrogen and oxygen atoms in total. The first kappa shape index (κ1) is 26.1. The van der Waals surface area contributed by atoms with Crippen LogP contribution in [0.3, 0.4) is 0 Å². The molecule has 0 radical (unpaired) electrons. The molecule has 0 spiro atoms. The van der Waals surface area contributed by atoms with Gasteiger partial charge in [0.05, 0.1) is 26.2 Å². The predicted octanol–water partition coefficient (Wildman–Crippen LogP) is 5.48. The molecule has 0 saturated heterocycles. The van der Waals surface area contributed by atoms with E-state index in [2.05, 4.69) is 15.0 Å². The Balaban J connectivity index is 1.57. The Morgan fingerprint density at radius 2 is 1.84 bits per heavy atom. The van der Waals surface area contributed by atoms with Gasteiger partial charge in [-0.15, -0.1) is 0 Å². The standard InChI is InChI=1S/C28H31N3O6/c1-18(34-15-13-22(32)37-28(2,3)4)16-35-26-24-23(19-9-11-20(33-5)12-10-19)25(21-8-6-7-14-29-21)36-27(24)31-17-30-26/h6-12,14,17-18H,13,15-16H2,1-5H3/t18-/m0/s1. The van der Waals surface area contributed by atoms with Gasteiger partial charge in [-0.05, 0) is 57.5 Å². The highest BCUT2D eigenvalue weighted by atomic mass is 16.6. The summed E-state index contributed by atoms with van der Waals surface area (Å²) in [7, 11) is 1.62. The van der Waals surface area contributed by atoms with E-state index in [0.717, 1.165) is 16.9 Å². The van der Waals surface area contributed by atoms with E-state index >= 15 is 0 Å². The number of benzene rings is 1. The van der Waals surface area contributed by atoms with Crippen molar-refractivity contribution in [3.63, 3.8) is 0 Å². The molecule has 0 unspecified atom stereocenters. The highest BCUT2D eigenvalue weighted by molar-refractivity contribution is 6.02. The number of nitrogens with zero attached hydrogens (tertiary/aromatic N) is 3. The number of carbonyl (C=O) groups is 1. The SMILES string of the molecule is COc1ccc(-c2c(-c3ccccn3)oc3ncnc(OC[C@H](C)OCCC(=O)OC(C)(C)C)c23)cc1. The number of esters is 1. The fourth-order valence-electron chi connectivity index (χ4n) is 3.71. The smallest absolute Gasteiger partial charge is 0.308 e. The van der Waals surface area contributed by atoms with Gasteiger partial charge in [0.15, 0.2) is 5.76 Å². The van der Waals surface area contributed by atoms with Gasteiger partial charge in [-0.25, -0.2) is 9.97 Å². The van der Waals surface area contributed by atoms with Crippen molar-refractivity contribution < 1.29 is 28.2 Å². The van der Waals surface area contributed by atoms with Gasteiger partial charge < -0.3 is 23.4 Å². The first-order chi connectivity index (χ1) is 17.7. The van der Waals surface area contributed by atoms with E-state index in [4.69, 9.17) is 23.4 Å². The van der Waals surface area contributed by atoms with Gasteiger partial charge in [0.1, 0.15) is 35.4 Å². The second kappa shape index (κ2) is 11.4. The number of aromatic nitrogens is 3. The quantitative estimate of drug-likeness (QED) is 0.259. The van der Waals surface area contributed by atoms with Crippen LogP contribution in [0, 0.1) is 0 Å². The molecule has 1 atom stereocenters. The number of carbonyl (C=O) groups excluding carboxylic acids is 1. The summed E-state index contributed by atoms with van der Waals surface area (Å²) in [5.74, 6) is 1.36. The Kier molecular flexibility index (Phi) is 8.03. The lowest BCUT2D eigenvalue weighted by atomic mass is 10.0. The predicted molar refractivity (Wildman–Crippen MR) is 138 cm³/mol. The summed E-state index contributed by atoms with van der Waals surface area (Å²) >= 11 is 0. The van der Waals surface area contributed by atoms with Crippen LogP contribution >= 0.6 is 0 Å². The summed E-state index contributed by atoms with van der Waals surface area (Å²) in [6.07, 6.45) is 2.98. The lowest BCUT2D eigenvalue weighted by Gasteiger charge is -2.20. The number of methoxy groups -OCH3 is 1. The Bertz CT molecular complexity index is 1330. The van der Waals surface area contributed by atoms with E-state index in [0.29, 0.717) is 28.4 Å². The molecule has 0 fully saturated rings. The molecule has 0 aliphatic rings. The lowest BCUT2D eigenvalue weighted by Crippen LogP contribution is -2.25. The van der Waals surface area contributed by atoms with Crippen molar-refractivity contribution in [3.05, 3.63) is 55.0 Å². The zero-order valence-corrected chi connectivity index (χ0v) is 21.7. The van der Waals surface area contributed by atoms with Gasteiger partial charge >= 0.3 is 5.97 Å². The van der Waals surface area contributed by atoms with Crippen LogP contribution in [0.4, 0.5) is 0 Å². The number of hydrogen-bond acceptors (Lipinski definition) is 9. The minimum absolute atomic E-state index is 0.163. The molecule has 4 rings (SSSR count). The highest BCUT2D eigenvalue weighted by Gasteiger charge is 2.24. The van der Waals surface area contributed by atoms with Gasteiger partial charge in [0.2, 0.25) is 11.6 Å². The third-order valence-corrected chi connectivity index (χ3v) is 5.31. The molecule has 9 heteroatoms. The van der Waals surface area contributed by atoms with E-state index in [1.807, 2.05) is 70.2 Å². The highest BCUT2D eigenvalue weighted by Crippen LogP contribution is 2.43. The maximum Gasteiger partial charge on any atom is 0.308 e. The van der Waals surface area contributed by atoms with Crippen molar-refractivity contribution >= 4 is 17.1 Å². The maximum absolute atomic E-state index is 11.9. The van der Waals surface area contributed by atoms with E-state index in [1.165, 1.54) is 6.33 Å². The molecular formula is C28H31N3O6. The number of fused-ring (bicyclic) bond motifs is 1. The number of ether oxygens (including phenoxy) is 4. The van der Waals surface area contributed by atoms with Crippen molar-refractivity contribution in [1.82, 2.24) is 15.0 Å². The zero-order chi connectivity index (χ0) is 26.4. The Morgan fingerprint density at radius 1 is 1.05 bits per heavy atom. The van der Waals surface area contributed by atoms with Crippen LogP contribution in [0.25, 0.3) is 33.7 Å². The van der Waals surface area contributed by atoms with E-state index in [1.54, 1.807) is 13.3 Å². The maximum atomic E-state index is 11.9. The Labute approximate surface area is 215 Å². The molecule has 1 aromatic carbocycles. The lowest BCUT2D eigenvalue weighted by molar-refractivity contribution is -0.156. The molecule has 0 N–H and O–H groups in total. The molecule has 3 aromatic heterocycles. The van der Waals surface area contributed by atoms with Gasteiger partial charge in [0, 0.05) is 11.8 Å². The van der Waals surface area contributed by atoms with Gasteiger partial charge in [0.25, 0.3) is 0 Å². The number of pyridine rings is 1. The molecule has 0 saturated carbocycles. The second-order valence-corrected chi connectivity index (χ2v) is 9.44. The molecule has 0 amide bonds. The normalized spacial score (nSPS) is 12.4. The van der Waals surface area contributed by atoms with Gasteiger partial charge in [-0.3, -0.25) is 9.78 Å². The minimum Gasteiger partial charge on any atom is -0.497 e. The first-order valence-corrected chi connectivity index (χ1v) is 12.0. The summed E-state index contributed by atoms with van der Waals surface area (Å²) in [4.78, 5) is 25.1. The summed E-state index contributed by atoms with van der Waals surface area (Å²) in [6, 6.07) is 13.2. The number of hydrogen-bond donors (Lipinski definition) is 0. The molecule has 0 aliphatic carbocycles. The number of rotatable bonds is 10. The van der Waals surface area contributed by atoms with Crippen LogP contribution < -0.4 is 9.47 Å². The van der Waals surface area contributed by atoms with Crippen LogP contribution in [0.5, 0.6) is 11.6 Å². The number of furan rings is 1. The molecule has 37 heavy (non-hydrogen) atoms. The monoisotopic (exact) mass is 505 g/mol.